The van der Waals surface area contributed by atoms with Gasteiger partial charge in [0.1, 0.15) is 0 Å². The fourth-order valence-corrected chi connectivity index (χ4v) is 3.76. The van der Waals surface area contributed by atoms with E-state index >= 15 is 0 Å². The molecule has 10 heavy (non-hydrogen) atoms. The summed E-state index contributed by atoms with van der Waals surface area (Å²) in [6, 6.07) is 2.02. The van der Waals surface area contributed by atoms with Crippen LogP contribution in [0.3, 0.4) is 0 Å². The first-order chi connectivity index (χ1) is 4.84. The average molecular weight is 137 g/mol. The molecule has 0 aromatic rings. The molecule has 0 N–H and O–H groups in total. The molecule has 0 aromatic heterocycles. The van der Waals surface area contributed by atoms with Gasteiger partial charge < -0.3 is 0 Å². The first-order valence-electron chi connectivity index (χ1n) is 4.56. The summed E-state index contributed by atoms with van der Waals surface area (Å²) in [4.78, 5) is 2.62. The Labute approximate surface area is 62.4 Å². The summed E-state index contributed by atoms with van der Waals surface area (Å²) >= 11 is 0. The molecular weight excluding hydrogens is 122 g/mol. The van der Waals surface area contributed by atoms with Crippen LogP contribution < -0.4 is 0 Å². The van der Waals surface area contributed by atoms with Gasteiger partial charge in [-0.25, -0.2) is 0 Å². The zero-order valence-electron chi connectivity index (χ0n) is 6.64. The van der Waals surface area contributed by atoms with Gasteiger partial charge in [0.15, 0.2) is 0 Å². The Morgan fingerprint density at radius 1 is 1.20 bits per heavy atom. The van der Waals surface area contributed by atoms with E-state index in [2.05, 4.69) is 11.9 Å². The molecule has 3 aliphatic rings. The first-order valence-corrected chi connectivity index (χ1v) is 4.56. The lowest BCUT2D eigenvalue weighted by atomic mass is 9.54. The molecule has 2 saturated carbocycles. The van der Waals surface area contributed by atoms with Crippen LogP contribution >= 0.6 is 0 Å². The van der Waals surface area contributed by atoms with Crippen LogP contribution in [0.15, 0.2) is 0 Å². The van der Waals surface area contributed by atoms with Crippen molar-refractivity contribution in [3.05, 3.63) is 0 Å². The van der Waals surface area contributed by atoms with Gasteiger partial charge in [-0.2, -0.15) is 0 Å². The largest absolute Gasteiger partial charge is 0.299 e. The molecule has 3 rings (SSSR count). The van der Waals surface area contributed by atoms with Gasteiger partial charge in [-0.15, -0.1) is 0 Å². The molecular formula is C9H15N. The van der Waals surface area contributed by atoms with Crippen molar-refractivity contribution in [1.29, 1.82) is 0 Å². The van der Waals surface area contributed by atoms with Crippen molar-refractivity contribution in [3.63, 3.8) is 0 Å². The summed E-state index contributed by atoms with van der Waals surface area (Å²) in [5.41, 5.74) is 0.870. The van der Waals surface area contributed by atoms with Crippen molar-refractivity contribution >= 4 is 0 Å². The lowest BCUT2D eigenvalue weighted by Crippen LogP contribution is -2.73. The molecule has 1 nitrogen and oxygen atoms in total. The number of likely N-dealkylation sites (tertiary alicyclic amines) is 1. The van der Waals surface area contributed by atoms with Gasteiger partial charge in [-0.1, -0.05) is 6.42 Å². The Hall–Kier alpha value is -0.0400. The summed E-state index contributed by atoms with van der Waals surface area (Å²) in [6.07, 6.45) is 7.59. The summed E-state index contributed by atoms with van der Waals surface area (Å²) in [5, 5.41) is 0. The van der Waals surface area contributed by atoms with E-state index in [9.17, 15) is 0 Å². The molecule has 56 valence electrons. The average Bonchev–Trinajstić information content (AvgIpc) is 2.27. The Kier molecular flexibility index (Phi) is 0.797. The molecule has 0 radical (unpaired) electrons. The first kappa shape index (κ1) is 5.59. The standard InChI is InChI=1S/C9H15N/c1-10-7-3-2-5-9(7)6-4-8(9)10/h7-8H,2-6H2,1H3. The number of hydrogen-bond acceptors (Lipinski definition) is 1. The van der Waals surface area contributed by atoms with Crippen molar-refractivity contribution in [1.82, 2.24) is 4.90 Å². The maximum Gasteiger partial charge on any atom is 0.0167 e. The van der Waals surface area contributed by atoms with Gasteiger partial charge in [0, 0.05) is 17.5 Å². The van der Waals surface area contributed by atoms with E-state index in [-0.39, 0.29) is 0 Å². The number of rotatable bonds is 0. The molecule has 1 aliphatic heterocycles. The van der Waals surface area contributed by atoms with Crippen molar-refractivity contribution in [2.45, 2.75) is 44.2 Å². The van der Waals surface area contributed by atoms with Crippen molar-refractivity contribution in [3.8, 4) is 0 Å². The van der Waals surface area contributed by atoms with Crippen LogP contribution in [0.25, 0.3) is 0 Å². The second kappa shape index (κ2) is 1.42. The lowest BCUT2D eigenvalue weighted by molar-refractivity contribution is -0.174. The Morgan fingerprint density at radius 2 is 2.00 bits per heavy atom. The van der Waals surface area contributed by atoms with Crippen LogP contribution in [-0.4, -0.2) is 24.0 Å². The van der Waals surface area contributed by atoms with E-state index in [1.807, 2.05) is 0 Å². The van der Waals surface area contributed by atoms with Crippen LogP contribution in [-0.2, 0) is 0 Å². The maximum absolute atomic E-state index is 2.62. The highest BCUT2D eigenvalue weighted by molar-refractivity contribution is 5.19. The van der Waals surface area contributed by atoms with Crippen LogP contribution in [0.4, 0.5) is 0 Å². The fraction of sp³-hybridized carbons (Fsp3) is 1.00. The third kappa shape index (κ3) is 0.355. The second-order valence-corrected chi connectivity index (χ2v) is 4.36. The minimum Gasteiger partial charge on any atom is -0.299 e. The van der Waals surface area contributed by atoms with Crippen molar-refractivity contribution in [2.24, 2.45) is 5.41 Å². The van der Waals surface area contributed by atoms with E-state index in [1.165, 1.54) is 19.3 Å². The lowest BCUT2D eigenvalue weighted by Gasteiger charge is -2.67. The molecule has 2 aliphatic carbocycles. The smallest absolute Gasteiger partial charge is 0.0167 e. The van der Waals surface area contributed by atoms with Gasteiger partial charge in [-0.05, 0) is 32.7 Å². The molecule has 1 spiro atoms. The quantitative estimate of drug-likeness (QED) is 0.490. The highest BCUT2D eigenvalue weighted by Crippen LogP contribution is 2.64. The van der Waals surface area contributed by atoms with Crippen LogP contribution in [0.5, 0.6) is 0 Å². The Morgan fingerprint density at radius 3 is 2.60 bits per heavy atom. The minimum atomic E-state index is 0.870. The van der Waals surface area contributed by atoms with Gasteiger partial charge in [0.2, 0.25) is 0 Å². The van der Waals surface area contributed by atoms with E-state index in [4.69, 9.17) is 0 Å². The van der Waals surface area contributed by atoms with Gasteiger partial charge in [0.05, 0.1) is 0 Å². The molecule has 1 heteroatoms. The zero-order valence-corrected chi connectivity index (χ0v) is 6.64. The molecule has 3 fully saturated rings. The minimum absolute atomic E-state index is 0.870. The van der Waals surface area contributed by atoms with Gasteiger partial charge in [-0.3, -0.25) is 4.90 Å². The summed E-state index contributed by atoms with van der Waals surface area (Å²) in [6.45, 7) is 0. The van der Waals surface area contributed by atoms with Gasteiger partial charge in [0.25, 0.3) is 0 Å². The summed E-state index contributed by atoms with van der Waals surface area (Å²) < 4.78 is 0. The number of hydrogen-bond donors (Lipinski definition) is 0. The van der Waals surface area contributed by atoms with Crippen molar-refractivity contribution < 1.29 is 0 Å². The predicted octanol–water partition coefficient (Wildman–Crippen LogP) is 1.63. The topological polar surface area (TPSA) is 3.24 Å². The maximum atomic E-state index is 2.62. The molecule has 0 amide bonds. The third-order valence-electron chi connectivity index (χ3n) is 4.31. The zero-order chi connectivity index (χ0) is 6.77. The van der Waals surface area contributed by atoms with Crippen LogP contribution in [0.1, 0.15) is 32.1 Å². The van der Waals surface area contributed by atoms with E-state index in [0.29, 0.717) is 0 Å². The predicted molar refractivity (Wildman–Crippen MR) is 40.9 cm³/mol. The Balaban J connectivity index is 1.94. The Bertz CT molecular complexity index is 178. The third-order valence-corrected chi connectivity index (χ3v) is 4.31. The SMILES string of the molecule is CN1C2CCCC23CCC13. The van der Waals surface area contributed by atoms with Crippen LogP contribution in [0, 0.1) is 5.41 Å². The monoisotopic (exact) mass is 137 g/mol. The normalized spacial score (nSPS) is 58.5. The molecule has 1 saturated heterocycles. The van der Waals surface area contributed by atoms with Crippen molar-refractivity contribution in [2.75, 3.05) is 7.05 Å². The molecule has 0 aromatic carbocycles. The summed E-state index contributed by atoms with van der Waals surface area (Å²) in [5.74, 6) is 0. The second-order valence-electron chi connectivity index (χ2n) is 4.36. The fourth-order valence-electron chi connectivity index (χ4n) is 3.76. The number of nitrogens with zero attached hydrogens (tertiary/aromatic N) is 1. The van der Waals surface area contributed by atoms with E-state index in [1.54, 1.807) is 12.8 Å². The number of piperidine rings is 1. The van der Waals surface area contributed by atoms with Crippen LogP contribution in [0.2, 0.25) is 0 Å². The molecule has 3 unspecified atom stereocenters. The molecule has 3 atom stereocenters. The van der Waals surface area contributed by atoms with Gasteiger partial charge >= 0.3 is 0 Å². The highest BCUT2D eigenvalue weighted by Gasteiger charge is 2.65. The molecule has 1 heterocycles. The van der Waals surface area contributed by atoms with E-state index in [0.717, 1.165) is 17.5 Å². The molecule has 0 bridgehead atoms. The highest BCUT2D eigenvalue weighted by atomic mass is 15.3. The summed E-state index contributed by atoms with van der Waals surface area (Å²) in [7, 11) is 2.32. The van der Waals surface area contributed by atoms with E-state index < -0.39 is 0 Å².